The van der Waals surface area contributed by atoms with Gasteiger partial charge < -0.3 is 5.73 Å². The van der Waals surface area contributed by atoms with Crippen molar-refractivity contribution in [2.45, 2.75) is 19.3 Å². The number of hydrogen-bond donors (Lipinski definition) is 1. The van der Waals surface area contributed by atoms with Crippen molar-refractivity contribution in [3.8, 4) is 0 Å². The predicted molar refractivity (Wildman–Crippen MR) is 61.2 cm³/mol. The maximum atomic E-state index is 5.84. The molecular formula is C10H12ClNS. The van der Waals surface area contributed by atoms with Gasteiger partial charge in [0, 0.05) is 5.02 Å². The average Bonchev–Trinajstić information content (AvgIpc) is 2.03. The third-order valence-electron chi connectivity index (χ3n) is 1.78. The van der Waals surface area contributed by atoms with E-state index >= 15 is 0 Å². The molecule has 0 amide bonds. The van der Waals surface area contributed by atoms with Crippen LogP contribution in [0.5, 0.6) is 0 Å². The standard InChI is InChI=1S/C10H12ClNS/c11-9-5-1-3-8(7-9)4-2-6-10(12)13/h1,3,5,7H,2,4,6H2,(H2,12,13). The summed E-state index contributed by atoms with van der Waals surface area (Å²) in [6, 6.07) is 7.86. The molecule has 0 atom stereocenters. The Labute approximate surface area is 88.9 Å². The van der Waals surface area contributed by atoms with Crippen molar-refractivity contribution in [1.82, 2.24) is 0 Å². The largest absolute Gasteiger partial charge is 0.393 e. The lowest BCUT2D eigenvalue weighted by Gasteiger charge is -2.00. The van der Waals surface area contributed by atoms with Gasteiger partial charge >= 0.3 is 0 Å². The molecule has 0 aromatic heterocycles. The van der Waals surface area contributed by atoms with Crippen LogP contribution in [0.1, 0.15) is 18.4 Å². The smallest absolute Gasteiger partial charge is 0.0727 e. The second kappa shape index (κ2) is 5.20. The fraction of sp³-hybridized carbons (Fsp3) is 0.300. The molecule has 0 aliphatic heterocycles. The molecule has 0 spiro atoms. The van der Waals surface area contributed by atoms with Gasteiger partial charge in [0.2, 0.25) is 0 Å². The highest BCUT2D eigenvalue weighted by atomic mass is 35.5. The zero-order valence-electron chi connectivity index (χ0n) is 7.29. The molecule has 0 saturated carbocycles. The van der Waals surface area contributed by atoms with E-state index in [4.69, 9.17) is 29.6 Å². The Bertz CT molecular complexity index is 299. The van der Waals surface area contributed by atoms with Gasteiger partial charge in [-0.25, -0.2) is 0 Å². The Balaban J connectivity index is 2.41. The molecule has 1 rings (SSSR count). The summed E-state index contributed by atoms with van der Waals surface area (Å²) in [6.45, 7) is 0. The lowest BCUT2D eigenvalue weighted by molar-refractivity contribution is 0.868. The normalized spacial score (nSPS) is 9.92. The Morgan fingerprint density at radius 3 is 2.85 bits per heavy atom. The molecule has 1 aromatic rings. The van der Waals surface area contributed by atoms with E-state index in [0.717, 1.165) is 24.3 Å². The number of aryl methyl sites for hydroxylation is 1. The summed E-state index contributed by atoms with van der Waals surface area (Å²) >= 11 is 10.6. The van der Waals surface area contributed by atoms with Gasteiger partial charge in [-0.3, -0.25) is 0 Å². The molecule has 3 heteroatoms. The van der Waals surface area contributed by atoms with Crippen LogP contribution in [0.3, 0.4) is 0 Å². The molecule has 0 radical (unpaired) electrons. The van der Waals surface area contributed by atoms with Crippen LogP contribution in [-0.4, -0.2) is 4.99 Å². The van der Waals surface area contributed by atoms with Crippen LogP contribution in [0.2, 0.25) is 5.02 Å². The van der Waals surface area contributed by atoms with Gasteiger partial charge in [0.25, 0.3) is 0 Å². The third kappa shape index (κ3) is 4.25. The molecule has 0 fully saturated rings. The minimum atomic E-state index is 0.585. The van der Waals surface area contributed by atoms with Crippen molar-refractivity contribution in [2.24, 2.45) is 5.73 Å². The highest BCUT2D eigenvalue weighted by Crippen LogP contribution is 2.12. The maximum absolute atomic E-state index is 5.84. The Kier molecular flexibility index (Phi) is 4.19. The molecule has 0 aliphatic carbocycles. The summed E-state index contributed by atoms with van der Waals surface area (Å²) in [4.78, 5) is 0.585. The average molecular weight is 214 g/mol. The number of hydrogen-bond acceptors (Lipinski definition) is 1. The highest BCUT2D eigenvalue weighted by Gasteiger charge is 1.95. The van der Waals surface area contributed by atoms with Crippen molar-refractivity contribution in [3.63, 3.8) is 0 Å². The number of rotatable bonds is 4. The summed E-state index contributed by atoms with van der Waals surface area (Å²) in [6.07, 6.45) is 2.79. The van der Waals surface area contributed by atoms with Crippen LogP contribution < -0.4 is 5.73 Å². The highest BCUT2D eigenvalue weighted by molar-refractivity contribution is 7.80. The Hall–Kier alpha value is -0.600. The summed E-state index contributed by atoms with van der Waals surface area (Å²) < 4.78 is 0. The first-order valence-electron chi connectivity index (χ1n) is 4.21. The molecular weight excluding hydrogens is 202 g/mol. The molecule has 2 N–H and O–H groups in total. The second-order valence-corrected chi connectivity index (χ2v) is 3.91. The van der Waals surface area contributed by atoms with E-state index in [1.54, 1.807) is 0 Å². The topological polar surface area (TPSA) is 26.0 Å². The van der Waals surface area contributed by atoms with E-state index < -0.39 is 0 Å². The minimum absolute atomic E-state index is 0.585. The van der Waals surface area contributed by atoms with Gasteiger partial charge in [-0.05, 0) is 37.0 Å². The van der Waals surface area contributed by atoms with Gasteiger partial charge in [0.15, 0.2) is 0 Å². The Morgan fingerprint density at radius 2 is 2.23 bits per heavy atom. The van der Waals surface area contributed by atoms with E-state index in [0.29, 0.717) is 4.99 Å². The molecule has 0 saturated heterocycles. The van der Waals surface area contributed by atoms with Crippen LogP contribution in [0.25, 0.3) is 0 Å². The van der Waals surface area contributed by atoms with Gasteiger partial charge in [-0.2, -0.15) is 0 Å². The maximum Gasteiger partial charge on any atom is 0.0727 e. The number of thiocarbonyl (C=S) groups is 1. The molecule has 0 heterocycles. The molecule has 1 nitrogen and oxygen atoms in total. The van der Waals surface area contributed by atoms with Crippen LogP contribution >= 0.6 is 23.8 Å². The zero-order chi connectivity index (χ0) is 9.68. The first-order chi connectivity index (χ1) is 6.18. The van der Waals surface area contributed by atoms with Gasteiger partial charge in [0.05, 0.1) is 4.99 Å². The van der Waals surface area contributed by atoms with Crippen LogP contribution in [-0.2, 0) is 6.42 Å². The van der Waals surface area contributed by atoms with Crippen molar-refractivity contribution >= 4 is 28.8 Å². The van der Waals surface area contributed by atoms with Gasteiger partial charge in [-0.15, -0.1) is 0 Å². The number of benzene rings is 1. The first kappa shape index (κ1) is 10.5. The van der Waals surface area contributed by atoms with Crippen LogP contribution in [0.4, 0.5) is 0 Å². The number of halogens is 1. The minimum Gasteiger partial charge on any atom is -0.393 e. The lowest BCUT2D eigenvalue weighted by Crippen LogP contribution is -2.07. The van der Waals surface area contributed by atoms with E-state index in [-0.39, 0.29) is 0 Å². The van der Waals surface area contributed by atoms with Crippen LogP contribution in [0, 0.1) is 0 Å². The quantitative estimate of drug-likeness (QED) is 0.779. The molecule has 1 aromatic carbocycles. The van der Waals surface area contributed by atoms with Gasteiger partial charge in [-0.1, -0.05) is 36.0 Å². The van der Waals surface area contributed by atoms with E-state index in [2.05, 4.69) is 6.07 Å². The van der Waals surface area contributed by atoms with Crippen molar-refractivity contribution in [1.29, 1.82) is 0 Å². The first-order valence-corrected chi connectivity index (χ1v) is 5.00. The third-order valence-corrected chi connectivity index (χ3v) is 2.22. The fourth-order valence-corrected chi connectivity index (χ4v) is 1.52. The summed E-state index contributed by atoms with van der Waals surface area (Å²) in [5.74, 6) is 0. The van der Waals surface area contributed by atoms with Crippen LogP contribution in [0.15, 0.2) is 24.3 Å². The van der Waals surface area contributed by atoms with Crippen molar-refractivity contribution in [2.75, 3.05) is 0 Å². The molecule has 0 bridgehead atoms. The Morgan fingerprint density at radius 1 is 1.46 bits per heavy atom. The van der Waals surface area contributed by atoms with Crippen molar-refractivity contribution in [3.05, 3.63) is 34.9 Å². The van der Waals surface area contributed by atoms with E-state index in [1.807, 2.05) is 18.2 Å². The lowest BCUT2D eigenvalue weighted by atomic mass is 10.1. The molecule has 0 aliphatic rings. The fourth-order valence-electron chi connectivity index (χ4n) is 1.16. The summed E-state index contributed by atoms with van der Waals surface area (Å²) in [5.41, 5.74) is 6.63. The predicted octanol–water partition coefficient (Wildman–Crippen LogP) is 2.95. The van der Waals surface area contributed by atoms with E-state index in [1.165, 1.54) is 5.56 Å². The molecule has 70 valence electrons. The zero-order valence-corrected chi connectivity index (χ0v) is 8.87. The summed E-state index contributed by atoms with van der Waals surface area (Å²) in [5, 5.41) is 0.785. The van der Waals surface area contributed by atoms with Gasteiger partial charge in [0.1, 0.15) is 0 Å². The monoisotopic (exact) mass is 213 g/mol. The second-order valence-electron chi connectivity index (χ2n) is 2.95. The molecule has 13 heavy (non-hydrogen) atoms. The van der Waals surface area contributed by atoms with Crippen molar-refractivity contribution < 1.29 is 0 Å². The molecule has 0 unspecified atom stereocenters. The SMILES string of the molecule is NC(=S)CCCc1cccc(Cl)c1. The van der Waals surface area contributed by atoms with E-state index in [9.17, 15) is 0 Å². The number of nitrogens with two attached hydrogens (primary N) is 1. The summed E-state index contributed by atoms with van der Waals surface area (Å²) in [7, 11) is 0.